The maximum Gasteiger partial charge on any atom is 0.315 e. The standard InChI is InChI=1S/C26H41ClN4O7S/c1-18-22-4-3-21(34-2)14-19(22)13-20(16-38-12-11-37-10-9-36-8-7-35-6-5-28)31(18)24(32)17-39-25-23(27)15-29-26(33)30-25/h3-4,14,18,20,23,25H,5-13,15-17,28H2,1-2H3,(H2,29,30,33)/t18-,20+,23?,25?/m0/s1. The van der Waals surface area contributed by atoms with Crippen molar-refractivity contribution in [1.82, 2.24) is 15.5 Å². The lowest BCUT2D eigenvalue weighted by Gasteiger charge is -2.42. The molecule has 0 radical (unpaired) electrons. The van der Waals surface area contributed by atoms with Crippen LogP contribution in [0.15, 0.2) is 18.2 Å². The number of amides is 3. The van der Waals surface area contributed by atoms with Gasteiger partial charge in [-0.15, -0.1) is 23.4 Å². The molecule has 2 heterocycles. The quantitative estimate of drug-likeness (QED) is 0.183. The summed E-state index contributed by atoms with van der Waals surface area (Å²) in [4.78, 5) is 27.1. The van der Waals surface area contributed by atoms with E-state index in [4.69, 9.17) is 41.0 Å². The predicted octanol–water partition coefficient (Wildman–Crippen LogP) is 1.51. The summed E-state index contributed by atoms with van der Waals surface area (Å²) >= 11 is 7.70. The van der Waals surface area contributed by atoms with Gasteiger partial charge >= 0.3 is 6.03 Å². The Morgan fingerprint density at radius 1 is 1.10 bits per heavy atom. The molecule has 1 aromatic rings. The number of benzene rings is 1. The first-order valence-electron chi connectivity index (χ1n) is 13.2. The van der Waals surface area contributed by atoms with Crippen molar-refractivity contribution in [3.63, 3.8) is 0 Å². The summed E-state index contributed by atoms with van der Waals surface area (Å²) in [5.74, 6) is 0.955. The number of ether oxygens (including phenoxy) is 5. The number of fused-ring (bicyclic) bond motifs is 1. The highest BCUT2D eigenvalue weighted by atomic mass is 35.5. The number of hydrogen-bond acceptors (Lipinski definition) is 9. The highest BCUT2D eigenvalue weighted by molar-refractivity contribution is 8.00. The van der Waals surface area contributed by atoms with E-state index in [0.717, 1.165) is 16.9 Å². The van der Waals surface area contributed by atoms with E-state index in [1.807, 2.05) is 30.0 Å². The SMILES string of the molecule is COc1ccc2c(c1)C[C@H](COCCOCCOCCOCCN)N(C(=O)CSC1NC(=O)NCC1Cl)[C@H]2C. The van der Waals surface area contributed by atoms with Gasteiger partial charge in [-0.05, 0) is 36.6 Å². The zero-order valence-corrected chi connectivity index (χ0v) is 24.3. The zero-order chi connectivity index (χ0) is 28.0. The van der Waals surface area contributed by atoms with Crippen LogP contribution in [0.1, 0.15) is 24.1 Å². The molecule has 4 atom stereocenters. The zero-order valence-electron chi connectivity index (χ0n) is 22.7. The lowest BCUT2D eigenvalue weighted by atomic mass is 9.88. The number of nitrogens with zero attached hydrogens (tertiary/aromatic N) is 1. The molecule has 1 aromatic carbocycles. The minimum absolute atomic E-state index is 0.0249. The maximum absolute atomic E-state index is 13.5. The molecule has 2 aliphatic rings. The first kappa shape index (κ1) is 31.7. The van der Waals surface area contributed by atoms with Crippen LogP contribution in [0.2, 0.25) is 0 Å². The average molecular weight is 589 g/mol. The lowest BCUT2D eigenvalue weighted by Crippen LogP contribution is -2.55. The Bertz CT molecular complexity index is 915. The number of nitrogens with one attached hydrogen (secondary N) is 2. The van der Waals surface area contributed by atoms with Gasteiger partial charge in [0.25, 0.3) is 0 Å². The number of carbonyl (C=O) groups excluding carboxylic acids is 2. The monoisotopic (exact) mass is 588 g/mol. The summed E-state index contributed by atoms with van der Waals surface area (Å²) in [6.07, 6.45) is 0.649. The van der Waals surface area contributed by atoms with Crippen molar-refractivity contribution in [3.05, 3.63) is 29.3 Å². The smallest absolute Gasteiger partial charge is 0.315 e. The molecule has 0 saturated carbocycles. The number of halogens is 1. The van der Waals surface area contributed by atoms with Gasteiger partial charge in [0.2, 0.25) is 5.91 Å². The van der Waals surface area contributed by atoms with Crippen LogP contribution >= 0.6 is 23.4 Å². The third-order valence-electron chi connectivity index (χ3n) is 6.49. The van der Waals surface area contributed by atoms with Crippen molar-refractivity contribution in [2.75, 3.05) is 78.8 Å². The molecule has 4 N–H and O–H groups in total. The van der Waals surface area contributed by atoms with Crippen LogP contribution < -0.4 is 21.1 Å². The molecule has 2 unspecified atom stereocenters. The largest absolute Gasteiger partial charge is 0.497 e. The van der Waals surface area contributed by atoms with Crippen LogP contribution in [0.3, 0.4) is 0 Å². The van der Waals surface area contributed by atoms with Crippen LogP contribution in [-0.4, -0.2) is 112 Å². The minimum atomic E-state index is -0.338. The number of thioether (sulfide) groups is 1. The summed E-state index contributed by atoms with van der Waals surface area (Å²) in [5.41, 5.74) is 7.60. The van der Waals surface area contributed by atoms with E-state index in [0.29, 0.717) is 72.4 Å². The van der Waals surface area contributed by atoms with Gasteiger partial charge in [-0.25, -0.2) is 4.79 Å². The Kier molecular flexibility index (Phi) is 13.9. The predicted molar refractivity (Wildman–Crippen MR) is 150 cm³/mol. The van der Waals surface area contributed by atoms with Gasteiger partial charge in [0, 0.05) is 13.1 Å². The Hall–Kier alpha value is -1.80. The number of nitrogens with two attached hydrogens (primary N) is 1. The lowest BCUT2D eigenvalue weighted by molar-refractivity contribution is -0.135. The first-order valence-corrected chi connectivity index (χ1v) is 14.7. The van der Waals surface area contributed by atoms with E-state index >= 15 is 0 Å². The van der Waals surface area contributed by atoms with Crippen LogP contribution in [0.5, 0.6) is 5.75 Å². The molecular weight excluding hydrogens is 548 g/mol. The number of urea groups is 1. The molecule has 11 nitrogen and oxygen atoms in total. The van der Waals surface area contributed by atoms with Gasteiger partial charge < -0.3 is 45.0 Å². The molecule has 0 spiro atoms. The second-order valence-corrected chi connectivity index (χ2v) is 10.9. The average Bonchev–Trinajstić information content (AvgIpc) is 2.93. The van der Waals surface area contributed by atoms with E-state index in [1.165, 1.54) is 11.8 Å². The molecule has 13 heteroatoms. The van der Waals surface area contributed by atoms with E-state index in [-0.39, 0.29) is 40.5 Å². The fourth-order valence-electron chi connectivity index (χ4n) is 4.58. The van der Waals surface area contributed by atoms with Gasteiger partial charge in [-0.2, -0.15) is 0 Å². The van der Waals surface area contributed by atoms with Crippen molar-refractivity contribution in [2.45, 2.75) is 36.2 Å². The molecule has 39 heavy (non-hydrogen) atoms. The van der Waals surface area contributed by atoms with Gasteiger partial charge in [-0.1, -0.05) is 6.07 Å². The Morgan fingerprint density at radius 3 is 2.44 bits per heavy atom. The highest BCUT2D eigenvalue weighted by Crippen LogP contribution is 2.36. The topological polar surface area (TPSA) is 134 Å². The molecule has 0 aromatic heterocycles. The van der Waals surface area contributed by atoms with Gasteiger partial charge in [-0.3, -0.25) is 4.79 Å². The second kappa shape index (κ2) is 17.1. The normalized spacial score (nSPS) is 22.7. The van der Waals surface area contributed by atoms with Crippen molar-refractivity contribution < 1.29 is 33.3 Å². The Labute approximate surface area is 239 Å². The number of carbonyl (C=O) groups is 2. The van der Waals surface area contributed by atoms with Crippen LogP contribution in [0, 0.1) is 0 Å². The molecule has 1 saturated heterocycles. The summed E-state index contributed by atoms with van der Waals surface area (Å²) in [6.45, 7) is 6.59. The number of methoxy groups -OCH3 is 1. The molecule has 2 aliphatic heterocycles. The second-order valence-electron chi connectivity index (χ2n) is 9.20. The molecule has 0 aliphatic carbocycles. The number of hydrogen-bond donors (Lipinski definition) is 3. The summed E-state index contributed by atoms with van der Waals surface area (Å²) in [6, 6.07) is 5.40. The summed E-state index contributed by atoms with van der Waals surface area (Å²) < 4.78 is 27.7. The molecule has 220 valence electrons. The molecule has 1 fully saturated rings. The van der Waals surface area contributed by atoms with E-state index < -0.39 is 0 Å². The van der Waals surface area contributed by atoms with Crippen molar-refractivity contribution in [1.29, 1.82) is 0 Å². The van der Waals surface area contributed by atoms with Crippen molar-refractivity contribution in [3.8, 4) is 5.75 Å². The first-order chi connectivity index (χ1) is 18.9. The number of alkyl halides is 1. The Balaban J connectivity index is 1.50. The molecule has 3 rings (SSSR count). The van der Waals surface area contributed by atoms with E-state index in [1.54, 1.807) is 7.11 Å². The minimum Gasteiger partial charge on any atom is -0.497 e. The summed E-state index contributed by atoms with van der Waals surface area (Å²) in [5, 5.41) is 4.81. The van der Waals surface area contributed by atoms with Crippen LogP contribution in [0.25, 0.3) is 0 Å². The maximum atomic E-state index is 13.5. The number of rotatable bonds is 17. The Morgan fingerprint density at radius 2 is 1.77 bits per heavy atom. The van der Waals surface area contributed by atoms with E-state index in [9.17, 15) is 9.59 Å². The van der Waals surface area contributed by atoms with Gasteiger partial charge in [0.15, 0.2) is 0 Å². The molecular formula is C26H41ClN4O7S. The van der Waals surface area contributed by atoms with Gasteiger partial charge in [0.05, 0.1) is 88.6 Å². The third-order valence-corrected chi connectivity index (χ3v) is 8.26. The van der Waals surface area contributed by atoms with Crippen molar-refractivity contribution in [2.24, 2.45) is 5.73 Å². The van der Waals surface area contributed by atoms with Crippen molar-refractivity contribution >= 4 is 35.3 Å². The summed E-state index contributed by atoms with van der Waals surface area (Å²) in [7, 11) is 1.64. The van der Waals surface area contributed by atoms with E-state index in [2.05, 4.69) is 10.6 Å². The fourth-order valence-corrected chi connectivity index (χ4v) is 5.91. The van der Waals surface area contributed by atoms with Crippen LogP contribution in [0.4, 0.5) is 4.79 Å². The molecule has 3 amide bonds. The fraction of sp³-hybridized carbons (Fsp3) is 0.692. The molecule has 0 bridgehead atoms. The highest BCUT2D eigenvalue weighted by Gasteiger charge is 2.36. The third kappa shape index (κ3) is 9.96. The van der Waals surface area contributed by atoms with Gasteiger partial charge in [0.1, 0.15) is 5.75 Å². The van der Waals surface area contributed by atoms with Crippen LogP contribution in [-0.2, 0) is 30.2 Å².